The Morgan fingerprint density at radius 1 is 1.19 bits per heavy atom. The van der Waals surface area contributed by atoms with Crippen molar-refractivity contribution in [3.63, 3.8) is 0 Å². The van der Waals surface area contributed by atoms with Crippen molar-refractivity contribution >= 4 is 17.0 Å². The molecule has 3 heterocycles. The third kappa shape index (κ3) is 2.91. The Labute approximate surface area is 159 Å². The third-order valence-electron chi connectivity index (χ3n) is 6.98. The van der Waals surface area contributed by atoms with Crippen molar-refractivity contribution in [2.24, 2.45) is 23.7 Å². The molecule has 1 aliphatic heterocycles. The molecule has 0 radical (unpaired) electrons. The lowest BCUT2D eigenvalue weighted by Gasteiger charge is -2.41. The van der Waals surface area contributed by atoms with E-state index in [0.29, 0.717) is 30.4 Å². The molecule has 0 amide bonds. The highest BCUT2D eigenvalue weighted by atomic mass is 16.5. The number of anilines is 1. The Balaban J connectivity index is 1.37. The molecule has 2 aromatic heterocycles. The number of hydrogen-bond donors (Lipinski definition) is 1. The van der Waals surface area contributed by atoms with E-state index in [9.17, 15) is 5.11 Å². The van der Waals surface area contributed by atoms with Crippen molar-refractivity contribution in [1.29, 1.82) is 0 Å². The summed E-state index contributed by atoms with van der Waals surface area (Å²) in [6.45, 7) is 5.96. The van der Waals surface area contributed by atoms with Gasteiger partial charge in [-0.1, -0.05) is 0 Å². The van der Waals surface area contributed by atoms with Crippen LogP contribution in [0.1, 0.15) is 38.6 Å². The van der Waals surface area contributed by atoms with E-state index in [2.05, 4.69) is 19.4 Å². The van der Waals surface area contributed by atoms with Gasteiger partial charge in [0.1, 0.15) is 6.33 Å². The van der Waals surface area contributed by atoms with Crippen molar-refractivity contribution in [2.45, 2.75) is 38.6 Å². The number of ether oxygens (including phenoxy) is 1. The van der Waals surface area contributed by atoms with Crippen LogP contribution < -0.4 is 4.90 Å². The van der Waals surface area contributed by atoms with E-state index >= 15 is 0 Å². The second kappa shape index (κ2) is 7.02. The molecule has 2 aromatic rings. The highest BCUT2D eigenvalue weighted by Gasteiger charge is 2.48. The van der Waals surface area contributed by atoms with Crippen LogP contribution in [0.25, 0.3) is 11.2 Å². The minimum Gasteiger partial charge on any atom is -0.396 e. The normalized spacial score (nSPS) is 32.8. The van der Waals surface area contributed by atoms with Gasteiger partial charge in [-0.15, -0.1) is 0 Å². The zero-order chi connectivity index (χ0) is 18.4. The fourth-order valence-electron chi connectivity index (χ4n) is 5.54. The minimum atomic E-state index is 0.328. The fourth-order valence-corrected chi connectivity index (χ4v) is 5.54. The lowest BCUT2D eigenvalue weighted by molar-refractivity contribution is 0.114. The van der Waals surface area contributed by atoms with Crippen LogP contribution in [-0.2, 0) is 4.74 Å². The van der Waals surface area contributed by atoms with Gasteiger partial charge < -0.3 is 19.3 Å². The van der Waals surface area contributed by atoms with E-state index in [1.165, 1.54) is 12.8 Å². The molecule has 0 aromatic carbocycles. The van der Waals surface area contributed by atoms with Crippen molar-refractivity contribution in [3.8, 4) is 0 Å². The molecule has 7 heteroatoms. The molecule has 0 spiro atoms. The van der Waals surface area contributed by atoms with E-state index < -0.39 is 0 Å². The quantitative estimate of drug-likeness (QED) is 0.839. The van der Waals surface area contributed by atoms with Gasteiger partial charge in [0.25, 0.3) is 0 Å². The van der Waals surface area contributed by atoms with Crippen molar-refractivity contribution < 1.29 is 9.84 Å². The van der Waals surface area contributed by atoms with Gasteiger partial charge in [0.15, 0.2) is 17.0 Å². The van der Waals surface area contributed by atoms with E-state index in [1.54, 1.807) is 6.33 Å². The van der Waals surface area contributed by atoms with E-state index in [0.717, 1.165) is 62.0 Å². The average Bonchev–Trinajstić information content (AvgIpc) is 3.39. The first-order chi connectivity index (χ1) is 13.3. The van der Waals surface area contributed by atoms with Gasteiger partial charge in [-0.05, 0) is 50.4 Å². The van der Waals surface area contributed by atoms with Gasteiger partial charge in [-0.25, -0.2) is 15.0 Å². The first kappa shape index (κ1) is 17.4. The van der Waals surface area contributed by atoms with Crippen LogP contribution in [0.3, 0.4) is 0 Å². The summed E-state index contributed by atoms with van der Waals surface area (Å²) in [5, 5.41) is 9.50. The van der Waals surface area contributed by atoms with Crippen LogP contribution in [0, 0.1) is 23.7 Å². The van der Waals surface area contributed by atoms with Gasteiger partial charge in [-0.3, -0.25) is 0 Å². The van der Waals surface area contributed by atoms with Crippen LogP contribution in [0.2, 0.25) is 0 Å². The van der Waals surface area contributed by atoms with E-state index in [-0.39, 0.29) is 0 Å². The molecule has 3 fully saturated rings. The summed E-state index contributed by atoms with van der Waals surface area (Å²) in [4.78, 5) is 16.2. The average molecular weight is 371 g/mol. The van der Waals surface area contributed by atoms with Crippen LogP contribution in [0.4, 0.5) is 5.82 Å². The highest BCUT2D eigenvalue weighted by Crippen LogP contribution is 2.56. The van der Waals surface area contributed by atoms with Crippen LogP contribution >= 0.6 is 0 Å². The third-order valence-corrected chi connectivity index (χ3v) is 6.98. The molecule has 2 saturated carbocycles. The number of fused-ring (bicyclic) bond motifs is 2. The molecule has 146 valence electrons. The predicted molar refractivity (Wildman–Crippen MR) is 103 cm³/mol. The zero-order valence-corrected chi connectivity index (χ0v) is 16.0. The Kier molecular flexibility index (Phi) is 4.52. The molecule has 5 rings (SSSR count). The number of hydrogen-bond acceptors (Lipinski definition) is 6. The molecule has 2 aliphatic carbocycles. The Bertz CT molecular complexity index is 809. The maximum absolute atomic E-state index is 9.50. The summed E-state index contributed by atoms with van der Waals surface area (Å²) >= 11 is 0. The maximum Gasteiger partial charge on any atom is 0.165 e. The van der Waals surface area contributed by atoms with Gasteiger partial charge in [0, 0.05) is 38.3 Å². The molecule has 7 nitrogen and oxygen atoms in total. The predicted octanol–water partition coefficient (Wildman–Crippen LogP) is 2.27. The number of aromatic nitrogens is 4. The highest BCUT2D eigenvalue weighted by molar-refractivity contribution is 5.83. The van der Waals surface area contributed by atoms with Crippen molar-refractivity contribution in [3.05, 3.63) is 12.7 Å². The molecule has 5 atom stereocenters. The van der Waals surface area contributed by atoms with Gasteiger partial charge in [-0.2, -0.15) is 0 Å². The molecule has 3 aliphatic rings. The zero-order valence-electron chi connectivity index (χ0n) is 16.0. The molecule has 1 N–H and O–H groups in total. The van der Waals surface area contributed by atoms with Crippen molar-refractivity contribution in [1.82, 2.24) is 19.5 Å². The van der Waals surface area contributed by atoms with Crippen LogP contribution in [0.15, 0.2) is 12.7 Å². The van der Waals surface area contributed by atoms with Gasteiger partial charge in [0.2, 0.25) is 0 Å². The second-order valence-electron chi connectivity index (χ2n) is 8.53. The minimum absolute atomic E-state index is 0.328. The number of aliphatic hydroxyl groups is 1. The SMILES string of the molecule is CCOCC1CCN(c2ncnc3c2ncn3[C@@H]2C[C@@H]3CC(CO)C[C@@H]32)C1. The summed E-state index contributed by atoms with van der Waals surface area (Å²) in [7, 11) is 0. The fraction of sp³-hybridized carbons (Fsp3) is 0.750. The summed E-state index contributed by atoms with van der Waals surface area (Å²) in [6, 6.07) is 0.476. The smallest absolute Gasteiger partial charge is 0.165 e. The molecule has 0 bridgehead atoms. The molecule has 1 saturated heterocycles. The molecule has 27 heavy (non-hydrogen) atoms. The first-order valence-electron chi connectivity index (χ1n) is 10.4. The summed E-state index contributed by atoms with van der Waals surface area (Å²) < 4.78 is 7.88. The summed E-state index contributed by atoms with van der Waals surface area (Å²) in [6.07, 6.45) is 8.29. The molecule has 2 unspecified atom stereocenters. The second-order valence-corrected chi connectivity index (χ2v) is 8.53. The maximum atomic E-state index is 9.50. The molecular weight excluding hydrogens is 342 g/mol. The van der Waals surface area contributed by atoms with E-state index in [4.69, 9.17) is 9.72 Å². The first-order valence-corrected chi connectivity index (χ1v) is 10.4. The Morgan fingerprint density at radius 3 is 2.96 bits per heavy atom. The Morgan fingerprint density at radius 2 is 2.11 bits per heavy atom. The monoisotopic (exact) mass is 371 g/mol. The topological polar surface area (TPSA) is 76.3 Å². The van der Waals surface area contributed by atoms with Crippen LogP contribution in [-0.4, -0.2) is 57.5 Å². The lowest BCUT2D eigenvalue weighted by atomic mass is 9.71. The van der Waals surface area contributed by atoms with E-state index in [1.807, 2.05) is 13.3 Å². The number of nitrogens with zero attached hydrogens (tertiary/aromatic N) is 5. The van der Waals surface area contributed by atoms with Crippen molar-refractivity contribution in [2.75, 3.05) is 37.8 Å². The Hall–Kier alpha value is -1.73. The van der Waals surface area contributed by atoms with Gasteiger partial charge in [0.05, 0.1) is 12.9 Å². The lowest BCUT2D eigenvalue weighted by Crippen LogP contribution is -2.34. The number of rotatable bonds is 6. The number of imidazole rings is 1. The number of aliphatic hydroxyl groups excluding tert-OH is 1. The largest absolute Gasteiger partial charge is 0.396 e. The van der Waals surface area contributed by atoms with Gasteiger partial charge >= 0.3 is 0 Å². The summed E-state index contributed by atoms with van der Waals surface area (Å²) in [5.74, 6) is 3.45. The molecular formula is C20H29N5O2. The standard InChI is InChI=1S/C20H29N5O2/c1-2-27-10-13-3-4-24(8-13)19-18-20(22-11-21-19)25(12-23-18)17-7-15-5-14(9-26)6-16(15)17/h11-17,26H,2-10H2,1H3/t13?,14?,15-,16-,17+/m0/s1. The van der Waals surface area contributed by atoms with Crippen LogP contribution in [0.5, 0.6) is 0 Å². The summed E-state index contributed by atoms with van der Waals surface area (Å²) in [5.41, 5.74) is 1.89.